The van der Waals surface area contributed by atoms with E-state index in [9.17, 15) is 0 Å². The maximum atomic E-state index is 5.20. The third-order valence-electron chi connectivity index (χ3n) is 7.23. The van der Waals surface area contributed by atoms with E-state index in [1.54, 1.807) is 0 Å². The quantitative estimate of drug-likeness (QED) is 0.586. The van der Waals surface area contributed by atoms with Crippen LogP contribution in [0.1, 0.15) is 57.9 Å². The number of rotatable bonds is 6. The van der Waals surface area contributed by atoms with Gasteiger partial charge in [-0.15, -0.1) is 0 Å². The monoisotopic (exact) mass is 443 g/mol. The van der Waals surface area contributed by atoms with Crippen molar-refractivity contribution in [2.45, 2.75) is 64.0 Å². The van der Waals surface area contributed by atoms with Crippen molar-refractivity contribution in [3.05, 3.63) is 36.3 Å². The number of pyridine rings is 2. The van der Waals surface area contributed by atoms with Crippen molar-refractivity contribution in [2.75, 3.05) is 29.9 Å². The molecule has 7 nitrogen and oxygen atoms in total. The van der Waals surface area contributed by atoms with Gasteiger partial charge in [0.15, 0.2) is 5.82 Å². The summed E-state index contributed by atoms with van der Waals surface area (Å²) in [6.45, 7) is 9.55. The summed E-state index contributed by atoms with van der Waals surface area (Å²) < 4.78 is 0. The van der Waals surface area contributed by atoms with Gasteiger partial charge in [0.2, 0.25) is 0 Å². The molecule has 0 spiro atoms. The number of nitrogens with zero attached hydrogens (tertiary/aromatic N) is 5. The lowest BCUT2D eigenvalue weighted by Gasteiger charge is -2.40. The van der Waals surface area contributed by atoms with Crippen molar-refractivity contribution >= 4 is 22.5 Å². The predicted molar refractivity (Wildman–Crippen MR) is 133 cm³/mol. The molecular formula is C26H33N7. The molecule has 6 rings (SSSR count). The Morgan fingerprint density at radius 1 is 1.15 bits per heavy atom. The zero-order valence-corrected chi connectivity index (χ0v) is 19.8. The molecule has 1 aliphatic heterocycles. The average molecular weight is 444 g/mol. The standard InChI is InChI=1S/C26H33N7/c1-16(17-4-5-17)30-22-12-19(8-9-28-22)24-31-21-14-27-13-20(18-6-7-18)23(21)25(32-24)33-11-10-29-26(2,3)15-33/h8-9,12-14,16-18,29H,4-7,10-11,15H2,1-3H3,(H,28,30)/t16-/m1/s1. The van der Waals surface area contributed by atoms with E-state index in [0.29, 0.717) is 12.0 Å². The zero-order valence-electron chi connectivity index (χ0n) is 19.8. The summed E-state index contributed by atoms with van der Waals surface area (Å²) >= 11 is 0. The minimum Gasteiger partial charge on any atom is -0.367 e. The SMILES string of the molecule is C[C@@H](Nc1cc(-c2nc(N3CCNC(C)(C)C3)c3c(C4CC4)cncc3n2)ccn1)C1CC1. The van der Waals surface area contributed by atoms with Crippen LogP contribution in [0.5, 0.6) is 0 Å². The van der Waals surface area contributed by atoms with E-state index in [0.717, 1.165) is 54.1 Å². The van der Waals surface area contributed by atoms with Crippen LogP contribution in [0.25, 0.3) is 22.3 Å². The first-order valence-electron chi connectivity index (χ1n) is 12.4. The van der Waals surface area contributed by atoms with Crippen LogP contribution < -0.4 is 15.5 Å². The maximum absolute atomic E-state index is 5.20. The van der Waals surface area contributed by atoms with Gasteiger partial charge >= 0.3 is 0 Å². The van der Waals surface area contributed by atoms with Crippen LogP contribution in [0.2, 0.25) is 0 Å². The van der Waals surface area contributed by atoms with E-state index >= 15 is 0 Å². The molecule has 0 aromatic carbocycles. The zero-order chi connectivity index (χ0) is 22.6. The molecule has 2 saturated carbocycles. The minimum atomic E-state index is 0.0369. The van der Waals surface area contributed by atoms with Crippen molar-refractivity contribution in [3.8, 4) is 11.4 Å². The molecule has 4 heterocycles. The summed E-state index contributed by atoms with van der Waals surface area (Å²) in [4.78, 5) is 21.8. The maximum Gasteiger partial charge on any atom is 0.162 e. The molecule has 2 N–H and O–H groups in total. The van der Waals surface area contributed by atoms with E-state index < -0.39 is 0 Å². The lowest BCUT2D eigenvalue weighted by atomic mass is 10.0. The van der Waals surface area contributed by atoms with Gasteiger partial charge in [-0.3, -0.25) is 4.98 Å². The highest BCUT2D eigenvalue weighted by molar-refractivity contribution is 5.94. The van der Waals surface area contributed by atoms with Crippen LogP contribution >= 0.6 is 0 Å². The third kappa shape index (κ3) is 4.26. The van der Waals surface area contributed by atoms with Crippen LogP contribution in [-0.2, 0) is 0 Å². The van der Waals surface area contributed by atoms with E-state index in [1.165, 1.54) is 36.6 Å². The van der Waals surface area contributed by atoms with Crippen molar-refractivity contribution in [2.24, 2.45) is 5.92 Å². The Bertz CT molecular complexity index is 1180. The fourth-order valence-electron chi connectivity index (χ4n) is 5.07. The van der Waals surface area contributed by atoms with Gasteiger partial charge in [-0.2, -0.15) is 0 Å². The van der Waals surface area contributed by atoms with E-state index in [1.807, 2.05) is 24.7 Å². The van der Waals surface area contributed by atoms with Crippen molar-refractivity contribution in [1.29, 1.82) is 0 Å². The number of nitrogens with one attached hydrogen (secondary N) is 2. The lowest BCUT2D eigenvalue weighted by Crippen LogP contribution is -2.57. The molecule has 0 unspecified atom stereocenters. The summed E-state index contributed by atoms with van der Waals surface area (Å²) in [5.74, 6) is 4.04. The number of hydrogen-bond donors (Lipinski definition) is 2. The fraction of sp³-hybridized carbons (Fsp3) is 0.538. The van der Waals surface area contributed by atoms with Gasteiger partial charge in [-0.1, -0.05) is 0 Å². The molecule has 7 heteroatoms. The molecule has 3 aromatic heterocycles. The topological polar surface area (TPSA) is 78.9 Å². The molecule has 1 saturated heterocycles. The smallest absolute Gasteiger partial charge is 0.162 e. The van der Waals surface area contributed by atoms with Gasteiger partial charge in [-0.05, 0) is 76.0 Å². The molecule has 2 aliphatic carbocycles. The summed E-state index contributed by atoms with van der Waals surface area (Å²) in [5.41, 5.74) is 3.27. The second kappa shape index (κ2) is 7.90. The summed E-state index contributed by atoms with van der Waals surface area (Å²) in [7, 11) is 0. The highest BCUT2D eigenvalue weighted by Crippen LogP contribution is 2.45. The summed E-state index contributed by atoms with van der Waals surface area (Å²) in [6.07, 6.45) is 10.9. The Morgan fingerprint density at radius 3 is 2.76 bits per heavy atom. The van der Waals surface area contributed by atoms with Gasteiger partial charge in [-0.25, -0.2) is 15.0 Å². The van der Waals surface area contributed by atoms with Crippen LogP contribution in [0.15, 0.2) is 30.7 Å². The molecule has 33 heavy (non-hydrogen) atoms. The molecule has 0 radical (unpaired) electrons. The Morgan fingerprint density at radius 2 is 2.00 bits per heavy atom. The largest absolute Gasteiger partial charge is 0.367 e. The van der Waals surface area contributed by atoms with E-state index in [-0.39, 0.29) is 5.54 Å². The normalized spacial score (nSPS) is 21.2. The van der Waals surface area contributed by atoms with Crippen molar-refractivity contribution in [3.63, 3.8) is 0 Å². The second-order valence-electron chi connectivity index (χ2n) is 10.7. The second-order valence-corrected chi connectivity index (χ2v) is 10.7. The van der Waals surface area contributed by atoms with Crippen molar-refractivity contribution < 1.29 is 0 Å². The predicted octanol–water partition coefficient (Wildman–Crippen LogP) is 4.36. The molecule has 1 atom stereocenters. The Labute approximate surface area is 195 Å². The average Bonchev–Trinajstić information content (AvgIpc) is 3.70. The number of piperazine rings is 1. The molecular weight excluding hydrogens is 410 g/mol. The minimum absolute atomic E-state index is 0.0369. The van der Waals surface area contributed by atoms with Crippen LogP contribution in [0.4, 0.5) is 11.6 Å². The Hall–Kier alpha value is -2.80. The molecule has 3 aromatic rings. The summed E-state index contributed by atoms with van der Waals surface area (Å²) in [5, 5.41) is 8.39. The van der Waals surface area contributed by atoms with Crippen LogP contribution in [0, 0.1) is 5.92 Å². The first-order chi connectivity index (χ1) is 16.0. The third-order valence-corrected chi connectivity index (χ3v) is 7.23. The molecule has 3 fully saturated rings. The van der Waals surface area contributed by atoms with Crippen LogP contribution in [-0.4, -0.2) is 51.2 Å². The lowest BCUT2D eigenvalue weighted by molar-refractivity contribution is 0.352. The van der Waals surface area contributed by atoms with Gasteiger partial charge in [0.1, 0.15) is 11.6 Å². The first kappa shape index (κ1) is 20.8. The number of anilines is 2. The summed E-state index contributed by atoms with van der Waals surface area (Å²) in [6, 6.07) is 4.54. The fourth-order valence-corrected chi connectivity index (χ4v) is 5.07. The highest BCUT2D eigenvalue weighted by atomic mass is 15.3. The Balaban J connectivity index is 1.44. The molecule has 0 bridgehead atoms. The van der Waals surface area contributed by atoms with Gasteiger partial charge < -0.3 is 15.5 Å². The number of hydrogen-bond acceptors (Lipinski definition) is 7. The van der Waals surface area contributed by atoms with E-state index in [4.69, 9.17) is 9.97 Å². The number of aromatic nitrogens is 4. The Kier molecular flexibility index (Phi) is 4.98. The van der Waals surface area contributed by atoms with Crippen LogP contribution in [0.3, 0.4) is 0 Å². The van der Waals surface area contributed by atoms with Crippen molar-refractivity contribution in [1.82, 2.24) is 25.3 Å². The molecule has 3 aliphatic rings. The van der Waals surface area contributed by atoms with Gasteiger partial charge in [0, 0.05) is 54.6 Å². The first-order valence-corrected chi connectivity index (χ1v) is 12.4. The molecule has 0 amide bonds. The number of fused-ring (bicyclic) bond motifs is 1. The molecule has 172 valence electrons. The van der Waals surface area contributed by atoms with E-state index in [2.05, 4.69) is 52.3 Å². The van der Waals surface area contributed by atoms with Gasteiger partial charge in [0.25, 0.3) is 0 Å². The highest BCUT2D eigenvalue weighted by Gasteiger charge is 2.32. The van der Waals surface area contributed by atoms with Gasteiger partial charge in [0.05, 0.1) is 11.7 Å².